The summed E-state index contributed by atoms with van der Waals surface area (Å²) in [5.74, 6) is 0.887. The van der Waals surface area contributed by atoms with Crippen molar-refractivity contribution in [3.05, 3.63) is 64.7 Å². The lowest BCUT2D eigenvalue weighted by Crippen LogP contribution is -2.42. The fourth-order valence-electron chi connectivity index (χ4n) is 3.82. The van der Waals surface area contributed by atoms with Crippen LogP contribution in [0.15, 0.2) is 48.5 Å². The quantitative estimate of drug-likeness (QED) is 0.769. The van der Waals surface area contributed by atoms with Crippen molar-refractivity contribution in [3.8, 4) is 5.75 Å². The molecule has 1 aliphatic rings. The minimum absolute atomic E-state index is 0.00360. The van der Waals surface area contributed by atoms with E-state index in [1.807, 2.05) is 30.3 Å². The predicted octanol–water partition coefficient (Wildman–Crippen LogP) is 4.47. The summed E-state index contributed by atoms with van der Waals surface area (Å²) in [6.45, 7) is 1.58. The van der Waals surface area contributed by atoms with Crippen molar-refractivity contribution in [2.24, 2.45) is 0 Å². The minimum atomic E-state index is -0.00360. The molecule has 1 fully saturated rings. The second-order valence-electron chi connectivity index (χ2n) is 7.15. The standard InChI is InChI=1S/C22H27ClN2O2/c1-15(26)24-17-10-12-18(13-11-17)25-22(20-8-3-4-9-21(20)23)16-6-5-7-19(14-16)27-2/h3-9,14,17-18,22,25H,10-13H2,1-2H3,(H,24,26)/t17?,18?,22-/m0/s1. The molecule has 0 saturated heterocycles. The zero-order valence-corrected chi connectivity index (χ0v) is 16.6. The van der Waals surface area contributed by atoms with Crippen LogP contribution in [0, 0.1) is 0 Å². The molecule has 1 aliphatic carbocycles. The summed E-state index contributed by atoms with van der Waals surface area (Å²) in [4.78, 5) is 11.3. The first kappa shape index (κ1) is 19.7. The Kier molecular flexibility index (Phi) is 6.75. The first-order valence-corrected chi connectivity index (χ1v) is 9.86. The monoisotopic (exact) mass is 386 g/mol. The van der Waals surface area contributed by atoms with Crippen LogP contribution in [-0.2, 0) is 4.79 Å². The molecule has 2 N–H and O–H groups in total. The van der Waals surface area contributed by atoms with Gasteiger partial charge in [-0.15, -0.1) is 0 Å². The Labute approximate surface area is 166 Å². The highest BCUT2D eigenvalue weighted by Crippen LogP contribution is 2.32. The van der Waals surface area contributed by atoms with E-state index in [1.54, 1.807) is 14.0 Å². The smallest absolute Gasteiger partial charge is 0.217 e. The van der Waals surface area contributed by atoms with Gasteiger partial charge in [0.25, 0.3) is 0 Å². The molecule has 144 valence electrons. The van der Waals surface area contributed by atoms with Crippen LogP contribution < -0.4 is 15.4 Å². The molecule has 0 bridgehead atoms. The molecule has 2 aromatic rings. The summed E-state index contributed by atoms with van der Waals surface area (Å²) in [5, 5.41) is 7.60. The Morgan fingerprint density at radius 3 is 2.44 bits per heavy atom. The Morgan fingerprint density at radius 2 is 1.78 bits per heavy atom. The highest BCUT2D eigenvalue weighted by Gasteiger charge is 2.26. The first-order chi connectivity index (χ1) is 13.1. The van der Waals surface area contributed by atoms with Crippen LogP contribution in [0.25, 0.3) is 0 Å². The largest absolute Gasteiger partial charge is 0.497 e. The number of methoxy groups -OCH3 is 1. The molecule has 0 aromatic heterocycles. The van der Waals surface area contributed by atoms with Gasteiger partial charge in [-0.2, -0.15) is 0 Å². The summed E-state index contributed by atoms with van der Waals surface area (Å²) in [6.07, 6.45) is 4.03. The van der Waals surface area contributed by atoms with E-state index < -0.39 is 0 Å². The van der Waals surface area contributed by atoms with E-state index in [-0.39, 0.29) is 18.0 Å². The van der Waals surface area contributed by atoms with Gasteiger partial charge in [0.05, 0.1) is 13.2 Å². The average Bonchev–Trinajstić information content (AvgIpc) is 2.68. The molecule has 1 saturated carbocycles. The summed E-state index contributed by atoms with van der Waals surface area (Å²) in [7, 11) is 1.68. The maximum absolute atomic E-state index is 11.3. The van der Waals surface area contributed by atoms with Gasteiger partial charge in [0.1, 0.15) is 5.75 Å². The number of carbonyl (C=O) groups is 1. The van der Waals surface area contributed by atoms with E-state index >= 15 is 0 Å². The number of rotatable bonds is 6. The molecule has 3 rings (SSSR count). The number of hydrogen-bond acceptors (Lipinski definition) is 3. The summed E-state index contributed by atoms with van der Waals surface area (Å²) in [5.41, 5.74) is 2.20. The third-order valence-electron chi connectivity index (χ3n) is 5.18. The fraction of sp³-hybridized carbons (Fsp3) is 0.409. The van der Waals surface area contributed by atoms with Gasteiger partial charge in [-0.1, -0.05) is 41.9 Å². The predicted molar refractivity (Wildman–Crippen MR) is 109 cm³/mol. The molecule has 1 atom stereocenters. The second-order valence-corrected chi connectivity index (χ2v) is 7.55. The van der Waals surface area contributed by atoms with Crippen LogP contribution in [0.5, 0.6) is 5.75 Å². The Morgan fingerprint density at radius 1 is 1.07 bits per heavy atom. The van der Waals surface area contributed by atoms with E-state index in [4.69, 9.17) is 16.3 Å². The van der Waals surface area contributed by atoms with E-state index in [0.29, 0.717) is 6.04 Å². The van der Waals surface area contributed by atoms with Crippen LogP contribution in [0.3, 0.4) is 0 Å². The number of benzene rings is 2. The second kappa shape index (κ2) is 9.25. The molecule has 0 aliphatic heterocycles. The van der Waals surface area contributed by atoms with Gasteiger partial charge in [-0.05, 0) is 55.0 Å². The molecule has 2 aromatic carbocycles. The summed E-state index contributed by atoms with van der Waals surface area (Å²) in [6, 6.07) is 16.8. The Bertz CT molecular complexity index is 772. The Hall–Kier alpha value is -2.04. The van der Waals surface area contributed by atoms with E-state index in [9.17, 15) is 4.79 Å². The van der Waals surface area contributed by atoms with Gasteiger partial charge in [0, 0.05) is 24.0 Å². The van der Waals surface area contributed by atoms with Gasteiger partial charge < -0.3 is 15.4 Å². The van der Waals surface area contributed by atoms with E-state index in [0.717, 1.165) is 47.6 Å². The van der Waals surface area contributed by atoms with Gasteiger partial charge in [-0.25, -0.2) is 0 Å². The third kappa shape index (κ3) is 5.24. The van der Waals surface area contributed by atoms with Crippen molar-refractivity contribution in [3.63, 3.8) is 0 Å². The van der Waals surface area contributed by atoms with Crippen molar-refractivity contribution in [1.82, 2.24) is 10.6 Å². The highest BCUT2D eigenvalue weighted by molar-refractivity contribution is 6.31. The lowest BCUT2D eigenvalue weighted by molar-refractivity contribution is -0.119. The van der Waals surface area contributed by atoms with Crippen molar-refractivity contribution in [1.29, 1.82) is 0 Å². The lowest BCUT2D eigenvalue weighted by Gasteiger charge is -2.33. The molecule has 0 spiro atoms. The average molecular weight is 387 g/mol. The number of amides is 1. The molecule has 0 heterocycles. The number of carbonyl (C=O) groups excluding carboxylic acids is 1. The fourth-order valence-corrected chi connectivity index (χ4v) is 4.07. The SMILES string of the molecule is COc1cccc([C@H](NC2CCC(NC(C)=O)CC2)c2ccccc2Cl)c1. The number of ether oxygens (including phenoxy) is 1. The van der Waals surface area contributed by atoms with Crippen LogP contribution in [0.1, 0.15) is 49.8 Å². The van der Waals surface area contributed by atoms with E-state index in [1.165, 1.54) is 0 Å². The molecule has 4 nitrogen and oxygen atoms in total. The summed E-state index contributed by atoms with van der Waals surface area (Å²) < 4.78 is 5.41. The van der Waals surface area contributed by atoms with Crippen molar-refractivity contribution < 1.29 is 9.53 Å². The lowest BCUT2D eigenvalue weighted by atomic mass is 9.89. The van der Waals surface area contributed by atoms with Gasteiger partial charge in [0.15, 0.2) is 0 Å². The Balaban J connectivity index is 1.79. The van der Waals surface area contributed by atoms with Gasteiger partial charge >= 0.3 is 0 Å². The molecular formula is C22H27ClN2O2. The maximum Gasteiger partial charge on any atom is 0.217 e. The van der Waals surface area contributed by atoms with Gasteiger partial charge in [-0.3, -0.25) is 4.79 Å². The zero-order chi connectivity index (χ0) is 19.2. The zero-order valence-electron chi connectivity index (χ0n) is 15.9. The molecular weight excluding hydrogens is 360 g/mol. The number of hydrogen-bond donors (Lipinski definition) is 2. The molecule has 0 unspecified atom stereocenters. The van der Waals surface area contributed by atoms with Crippen molar-refractivity contribution >= 4 is 17.5 Å². The number of nitrogens with one attached hydrogen (secondary N) is 2. The maximum atomic E-state index is 11.3. The van der Waals surface area contributed by atoms with Crippen LogP contribution in [0.2, 0.25) is 5.02 Å². The van der Waals surface area contributed by atoms with Gasteiger partial charge in [0.2, 0.25) is 5.91 Å². The first-order valence-electron chi connectivity index (χ1n) is 9.48. The summed E-state index contributed by atoms with van der Waals surface area (Å²) >= 11 is 6.52. The van der Waals surface area contributed by atoms with Crippen molar-refractivity contribution in [2.45, 2.75) is 50.7 Å². The molecule has 0 radical (unpaired) electrons. The molecule has 5 heteroatoms. The minimum Gasteiger partial charge on any atom is -0.497 e. The topological polar surface area (TPSA) is 50.4 Å². The third-order valence-corrected chi connectivity index (χ3v) is 5.52. The molecule has 27 heavy (non-hydrogen) atoms. The normalized spacial score (nSPS) is 20.7. The van der Waals surface area contributed by atoms with Crippen LogP contribution >= 0.6 is 11.6 Å². The van der Waals surface area contributed by atoms with E-state index in [2.05, 4.69) is 28.8 Å². The number of halogens is 1. The van der Waals surface area contributed by atoms with Crippen LogP contribution in [0.4, 0.5) is 0 Å². The molecule has 1 amide bonds. The highest BCUT2D eigenvalue weighted by atomic mass is 35.5. The van der Waals surface area contributed by atoms with Crippen LogP contribution in [-0.4, -0.2) is 25.1 Å². The van der Waals surface area contributed by atoms with Crippen molar-refractivity contribution in [2.75, 3.05) is 7.11 Å².